The van der Waals surface area contributed by atoms with E-state index in [1.807, 2.05) is 30.7 Å². The van der Waals surface area contributed by atoms with Crippen molar-refractivity contribution in [3.8, 4) is 22.8 Å². The van der Waals surface area contributed by atoms with Crippen LogP contribution in [0.5, 0.6) is 11.5 Å². The van der Waals surface area contributed by atoms with Crippen molar-refractivity contribution >= 4 is 23.5 Å². The Bertz CT molecular complexity index is 1020. The molecule has 3 heterocycles. The van der Waals surface area contributed by atoms with Gasteiger partial charge in [0.1, 0.15) is 5.84 Å². The average Bonchev–Trinajstić information content (AvgIpc) is 3.30. The van der Waals surface area contributed by atoms with Gasteiger partial charge in [0.15, 0.2) is 11.5 Å². The lowest BCUT2D eigenvalue weighted by molar-refractivity contribution is -0.133. The fourth-order valence-electron chi connectivity index (χ4n) is 3.17. The number of fused-ring (bicyclic) bond motifs is 1. The maximum absolute atomic E-state index is 12.1. The van der Waals surface area contributed by atoms with Gasteiger partial charge in [-0.15, -0.1) is 0 Å². The third-order valence-electron chi connectivity index (χ3n) is 4.71. The van der Waals surface area contributed by atoms with Crippen LogP contribution in [0.25, 0.3) is 11.3 Å². The molecule has 0 aliphatic carbocycles. The molecule has 144 valence electrons. The molecule has 0 unspecified atom stereocenters. The van der Waals surface area contributed by atoms with Crippen LogP contribution in [0.3, 0.4) is 0 Å². The molecule has 0 radical (unpaired) electrons. The smallest absolute Gasteiger partial charge is 0.336 e. The second-order valence-corrected chi connectivity index (χ2v) is 6.52. The molecule has 0 fully saturated rings. The van der Waals surface area contributed by atoms with Gasteiger partial charge >= 0.3 is 11.9 Å². The summed E-state index contributed by atoms with van der Waals surface area (Å²) in [5.74, 6) is 0.00182. The van der Waals surface area contributed by atoms with E-state index in [1.54, 1.807) is 12.1 Å². The van der Waals surface area contributed by atoms with Crippen molar-refractivity contribution in [2.24, 2.45) is 12.0 Å². The molecule has 0 spiro atoms. The van der Waals surface area contributed by atoms with Gasteiger partial charge in [0.2, 0.25) is 0 Å². The number of rotatable bonds is 4. The second kappa shape index (κ2) is 7.22. The Kier molecular flexibility index (Phi) is 4.60. The Labute approximate surface area is 161 Å². The zero-order chi connectivity index (χ0) is 19.7. The third-order valence-corrected chi connectivity index (χ3v) is 4.71. The molecule has 8 nitrogen and oxygen atoms in total. The first-order valence-electron chi connectivity index (χ1n) is 8.95. The maximum atomic E-state index is 12.1. The summed E-state index contributed by atoms with van der Waals surface area (Å²) in [7, 11) is 1.92. The number of carbonyl (C=O) groups is 2. The summed E-state index contributed by atoms with van der Waals surface area (Å²) in [5.41, 5.74) is 3.24. The number of aryl methyl sites for hydroxylation is 1. The molecular formula is C20H20N4O4. The highest BCUT2D eigenvalue weighted by Gasteiger charge is 2.25. The molecule has 2 N–H and O–H groups in total. The molecule has 0 bridgehead atoms. The molecule has 1 aromatic carbocycles. The quantitative estimate of drug-likeness (QED) is 0.621. The summed E-state index contributed by atoms with van der Waals surface area (Å²) in [6, 6.07) is 7.33. The highest BCUT2D eigenvalue weighted by atomic mass is 16.6. The minimum atomic E-state index is -0.635. The largest absolute Gasteiger partial charge is 0.419 e. The number of carbonyl (C=O) groups excluding carboxylic acids is 2. The van der Waals surface area contributed by atoms with Crippen LogP contribution in [-0.4, -0.2) is 42.0 Å². The third kappa shape index (κ3) is 3.36. The SMILES string of the molecule is Cc1ccc(-c2c(NCC3=NCCN3)ccc3c2OC(=O)/C=C/C(=O)O3)n1C. The normalized spacial score (nSPS) is 16.9. The first kappa shape index (κ1) is 17.8. The number of esters is 2. The molecule has 2 aliphatic heterocycles. The molecule has 28 heavy (non-hydrogen) atoms. The zero-order valence-corrected chi connectivity index (χ0v) is 15.6. The standard InChI is InChI=1S/C20H20N4O4/c1-12-3-5-14(24(12)2)19-13(23-11-16-21-9-10-22-16)4-6-15-20(19)28-18(26)8-7-17(25)27-15/h3-8,23H,9-11H2,1-2H3,(H,21,22)/b8-7+. The summed E-state index contributed by atoms with van der Waals surface area (Å²) in [6.07, 6.45) is 2.11. The summed E-state index contributed by atoms with van der Waals surface area (Å²) in [6.45, 7) is 4.06. The number of nitrogens with zero attached hydrogens (tertiary/aromatic N) is 2. The molecule has 0 saturated heterocycles. The summed E-state index contributed by atoms with van der Waals surface area (Å²) in [5, 5.41) is 6.56. The number of aliphatic imine (C=N–C) groups is 1. The summed E-state index contributed by atoms with van der Waals surface area (Å²) in [4.78, 5) is 28.4. The van der Waals surface area contributed by atoms with E-state index in [9.17, 15) is 9.59 Å². The molecule has 8 heteroatoms. The molecular weight excluding hydrogens is 360 g/mol. The Morgan fingerprint density at radius 2 is 1.93 bits per heavy atom. The Hall–Kier alpha value is -3.55. The van der Waals surface area contributed by atoms with Crippen molar-refractivity contribution in [2.45, 2.75) is 6.92 Å². The van der Waals surface area contributed by atoms with Crippen LogP contribution < -0.4 is 20.1 Å². The number of ether oxygens (including phenoxy) is 2. The van der Waals surface area contributed by atoms with Gasteiger partial charge in [-0.3, -0.25) is 4.99 Å². The first-order valence-corrected chi connectivity index (χ1v) is 8.95. The average molecular weight is 380 g/mol. The summed E-state index contributed by atoms with van der Waals surface area (Å²) >= 11 is 0. The van der Waals surface area contributed by atoms with Crippen molar-refractivity contribution in [2.75, 3.05) is 25.0 Å². The molecule has 1 aromatic heterocycles. The molecule has 0 amide bonds. The number of hydrogen-bond acceptors (Lipinski definition) is 7. The predicted octanol–water partition coefficient (Wildman–Crippen LogP) is 1.79. The minimum Gasteiger partial charge on any atom is -0.419 e. The Morgan fingerprint density at radius 1 is 1.14 bits per heavy atom. The molecule has 2 aromatic rings. The van der Waals surface area contributed by atoms with Crippen molar-refractivity contribution < 1.29 is 19.1 Å². The monoisotopic (exact) mass is 380 g/mol. The minimum absolute atomic E-state index is 0.193. The number of anilines is 1. The Morgan fingerprint density at radius 3 is 2.61 bits per heavy atom. The maximum Gasteiger partial charge on any atom is 0.336 e. The molecule has 4 rings (SSSR count). The van der Waals surface area contributed by atoms with E-state index in [1.165, 1.54) is 0 Å². The van der Waals surface area contributed by atoms with Gasteiger partial charge in [0.05, 0.1) is 24.3 Å². The van der Waals surface area contributed by atoms with Crippen LogP contribution in [0, 0.1) is 6.92 Å². The molecule has 2 aliphatic rings. The fourth-order valence-corrected chi connectivity index (χ4v) is 3.17. The van der Waals surface area contributed by atoms with Crippen LogP contribution in [0.1, 0.15) is 5.69 Å². The fraction of sp³-hybridized carbons (Fsp3) is 0.250. The second-order valence-electron chi connectivity index (χ2n) is 6.52. The van der Waals surface area contributed by atoms with E-state index < -0.39 is 11.9 Å². The van der Waals surface area contributed by atoms with Gasteiger partial charge in [-0.2, -0.15) is 0 Å². The van der Waals surface area contributed by atoms with E-state index in [2.05, 4.69) is 15.6 Å². The van der Waals surface area contributed by atoms with Crippen LogP contribution in [0.2, 0.25) is 0 Å². The van der Waals surface area contributed by atoms with Crippen LogP contribution in [0.4, 0.5) is 5.69 Å². The van der Waals surface area contributed by atoms with Gasteiger partial charge in [0, 0.05) is 37.1 Å². The summed E-state index contributed by atoms with van der Waals surface area (Å²) < 4.78 is 12.9. The van der Waals surface area contributed by atoms with Crippen LogP contribution in [0.15, 0.2) is 41.4 Å². The van der Waals surface area contributed by atoms with Gasteiger partial charge in [-0.25, -0.2) is 9.59 Å². The van der Waals surface area contributed by atoms with Crippen molar-refractivity contribution in [3.05, 3.63) is 42.1 Å². The highest BCUT2D eigenvalue weighted by molar-refractivity contribution is 5.98. The Balaban J connectivity index is 1.83. The number of hydrogen-bond donors (Lipinski definition) is 2. The van der Waals surface area contributed by atoms with Crippen molar-refractivity contribution in [3.63, 3.8) is 0 Å². The van der Waals surface area contributed by atoms with E-state index >= 15 is 0 Å². The number of benzene rings is 1. The van der Waals surface area contributed by atoms with Gasteiger partial charge in [0.25, 0.3) is 0 Å². The number of nitrogens with one attached hydrogen (secondary N) is 2. The van der Waals surface area contributed by atoms with Crippen molar-refractivity contribution in [1.29, 1.82) is 0 Å². The zero-order valence-electron chi connectivity index (χ0n) is 15.6. The van der Waals surface area contributed by atoms with E-state index in [0.29, 0.717) is 12.1 Å². The van der Waals surface area contributed by atoms with Crippen molar-refractivity contribution in [1.82, 2.24) is 9.88 Å². The number of aromatic nitrogens is 1. The topological polar surface area (TPSA) is 94.0 Å². The van der Waals surface area contributed by atoms with Gasteiger partial charge < -0.3 is 24.7 Å². The van der Waals surface area contributed by atoms with Crippen LogP contribution in [-0.2, 0) is 16.6 Å². The number of amidine groups is 1. The molecule has 0 atom stereocenters. The van der Waals surface area contributed by atoms with E-state index in [-0.39, 0.29) is 11.5 Å². The first-order chi connectivity index (χ1) is 13.5. The predicted molar refractivity (Wildman–Crippen MR) is 105 cm³/mol. The van der Waals surface area contributed by atoms with Gasteiger partial charge in [-0.1, -0.05) is 0 Å². The van der Waals surface area contributed by atoms with E-state index in [4.69, 9.17) is 9.47 Å². The highest BCUT2D eigenvalue weighted by Crippen LogP contribution is 2.44. The molecule has 0 saturated carbocycles. The van der Waals surface area contributed by atoms with Gasteiger partial charge in [-0.05, 0) is 31.2 Å². The lowest BCUT2D eigenvalue weighted by atomic mass is 10.1. The lowest BCUT2D eigenvalue weighted by Crippen LogP contribution is -2.26. The van der Waals surface area contributed by atoms with Crippen LogP contribution >= 0.6 is 0 Å². The van der Waals surface area contributed by atoms with E-state index in [0.717, 1.165) is 48.2 Å². The lowest BCUT2D eigenvalue weighted by Gasteiger charge is -2.20.